The summed E-state index contributed by atoms with van der Waals surface area (Å²) in [5.41, 5.74) is 5.56. The molecule has 2 heterocycles. The molecule has 0 saturated carbocycles. The number of aromatic nitrogens is 3. The van der Waals surface area contributed by atoms with Gasteiger partial charge in [0, 0.05) is 37.7 Å². The van der Waals surface area contributed by atoms with E-state index in [1.165, 1.54) is 12.7 Å². The van der Waals surface area contributed by atoms with E-state index in [-0.39, 0.29) is 18.0 Å². The van der Waals surface area contributed by atoms with Crippen molar-refractivity contribution in [1.29, 1.82) is 0 Å². The number of esters is 1. The number of nitrogens with zero attached hydrogens (tertiary/aromatic N) is 4. The van der Waals surface area contributed by atoms with Gasteiger partial charge in [0.05, 0.1) is 19.0 Å². The first-order chi connectivity index (χ1) is 18.9. The predicted octanol–water partition coefficient (Wildman–Crippen LogP) is 5.77. The minimum absolute atomic E-state index is 0.0200. The van der Waals surface area contributed by atoms with Crippen molar-refractivity contribution in [3.05, 3.63) is 88.2 Å². The summed E-state index contributed by atoms with van der Waals surface area (Å²) in [6.45, 7) is 9.05. The number of para-hydroxylation sites is 1. The summed E-state index contributed by atoms with van der Waals surface area (Å²) >= 11 is 0. The van der Waals surface area contributed by atoms with Gasteiger partial charge in [-0.25, -0.2) is 9.07 Å². The van der Waals surface area contributed by atoms with E-state index in [0.717, 1.165) is 42.0 Å². The van der Waals surface area contributed by atoms with Crippen molar-refractivity contribution in [3.8, 4) is 5.75 Å². The number of ether oxygens (including phenoxy) is 2. The lowest BCUT2D eigenvalue weighted by Gasteiger charge is -2.25. The normalized spacial score (nSPS) is 16.4. The molecule has 0 saturated heterocycles. The third-order valence-corrected chi connectivity index (χ3v) is 7.68. The van der Waals surface area contributed by atoms with Crippen molar-refractivity contribution in [2.24, 2.45) is 0 Å². The second-order valence-corrected chi connectivity index (χ2v) is 10.2. The fourth-order valence-corrected chi connectivity index (χ4v) is 5.39. The zero-order valence-electron chi connectivity index (χ0n) is 23.0. The first-order valence-corrected chi connectivity index (χ1v) is 13.6. The third kappa shape index (κ3) is 5.52. The van der Waals surface area contributed by atoms with Crippen LogP contribution in [0.15, 0.2) is 54.6 Å². The number of carbonyl (C=O) groups is 1. The molecule has 0 bridgehead atoms. The number of benzene rings is 3. The molecule has 1 aliphatic rings. The molecule has 0 aliphatic carbocycles. The SMILES string of the molecule is CC[C@@H]1CN(Cc2cc([C@@H](CC(=O)OC)c3ccc4c(nnn4CC)c3F)ccc2C)Cc2ccccc2O1. The van der Waals surface area contributed by atoms with Crippen molar-refractivity contribution in [3.63, 3.8) is 0 Å². The molecule has 7 nitrogen and oxygen atoms in total. The lowest BCUT2D eigenvalue weighted by atomic mass is 9.86. The van der Waals surface area contributed by atoms with E-state index in [4.69, 9.17) is 9.47 Å². The Balaban J connectivity index is 1.50. The number of fused-ring (bicyclic) bond motifs is 2. The Morgan fingerprint density at radius 3 is 2.77 bits per heavy atom. The highest BCUT2D eigenvalue weighted by Gasteiger charge is 2.26. The van der Waals surface area contributed by atoms with Crippen LogP contribution in [0.2, 0.25) is 0 Å². The zero-order valence-corrected chi connectivity index (χ0v) is 23.0. The van der Waals surface area contributed by atoms with Crippen LogP contribution in [0.5, 0.6) is 5.75 Å². The maximum absolute atomic E-state index is 15.8. The van der Waals surface area contributed by atoms with Crippen LogP contribution in [0.25, 0.3) is 11.0 Å². The number of aryl methyl sites for hydroxylation is 2. The molecule has 0 radical (unpaired) electrons. The fourth-order valence-electron chi connectivity index (χ4n) is 5.39. The van der Waals surface area contributed by atoms with Gasteiger partial charge >= 0.3 is 5.97 Å². The van der Waals surface area contributed by atoms with Gasteiger partial charge < -0.3 is 9.47 Å². The van der Waals surface area contributed by atoms with Crippen LogP contribution < -0.4 is 4.74 Å². The quantitative estimate of drug-likeness (QED) is 0.270. The summed E-state index contributed by atoms with van der Waals surface area (Å²) in [7, 11) is 1.36. The van der Waals surface area contributed by atoms with Crippen molar-refractivity contribution in [2.75, 3.05) is 13.7 Å². The number of halogens is 1. The summed E-state index contributed by atoms with van der Waals surface area (Å²) in [5, 5.41) is 8.15. The van der Waals surface area contributed by atoms with E-state index >= 15 is 4.39 Å². The van der Waals surface area contributed by atoms with E-state index in [2.05, 4.69) is 47.3 Å². The van der Waals surface area contributed by atoms with E-state index in [1.807, 2.05) is 37.3 Å². The van der Waals surface area contributed by atoms with Crippen molar-refractivity contribution in [1.82, 2.24) is 19.9 Å². The van der Waals surface area contributed by atoms with Crippen LogP contribution in [0, 0.1) is 12.7 Å². The Morgan fingerprint density at radius 1 is 1.18 bits per heavy atom. The van der Waals surface area contributed by atoms with Gasteiger partial charge in [-0.1, -0.05) is 54.6 Å². The summed E-state index contributed by atoms with van der Waals surface area (Å²) in [4.78, 5) is 14.9. The molecule has 0 fully saturated rings. The van der Waals surface area contributed by atoms with Gasteiger partial charge in [-0.2, -0.15) is 0 Å². The molecule has 3 aromatic carbocycles. The molecule has 5 rings (SSSR count). The Hall–Kier alpha value is -3.78. The highest BCUT2D eigenvalue weighted by atomic mass is 19.1. The maximum atomic E-state index is 15.8. The fraction of sp³-hybridized carbons (Fsp3) is 0.387. The number of hydrogen-bond donors (Lipinski definition) is 0. The Morgan fingerprint density at radius 2 is 2.00 bits per heavy atom. The minimum Gasteiger partial charge on any atom is -0.489 e. The molecule has 0 spiro atoms. The summed E-state index contributed by atoms with van der Waals surface area (Å²) < 4.78 is 28.8. The van der Waals surface area contributed by atoms with Crippen molar-refractivity contribution >= 4 is 17.0 Å². The van der Waals surface area contributed by atoms with Crippen LogP contribution in [-0.4, -0.2) is 45.6 Å². The molecule has 4 aromatic rings. The average molecular weight is 531 g/mol. The van der Waals surface area contributed by atoms with Crippen LogP contribution in [0.4, 0.5) is 4.39 Å². The number of carbonyl (C=O) groups excluding carboxylic acids is 1. The predicted molar refractivity (Wildman–Crippen MR) is 148 cm³/mol. The molecule has 39 heavy (non-hydrogen) atoms. The topological polar surface area (TPSA) is 69.5 Å². The van der Waals surface area contributed by atoms with Crippen molar-refractivity contribution in [2.45, 2.75) is 65.3 Å². The van der Waals surface area contributed by atoms with Gasteiger partial charge in [-0.3, -0.25) is 9.69 Å². The van der Waals surface area contributed by atoms with Gasteiger partial charge in [-0.05, 0) is 54.7 Å². The van der Waals surface area contributed by atoms with E-state index < -0.39 is 17.7 Å². The monoisotopic (exact) mass is 530 g/mol. The lowest BCUT2D eigenvalue weighted by Crippen LogP contribution is -2.32. The molecule has 0 unspecified atom stereocenters. The number of rotatable bonds is 8. The average Bonchev–Trinajstić information content (AvgIpc) is 3.29. The smallest absolute Gasteiger partial charge is 0.306 e. The molecule has 2 atom stereocenters. The molecular formula is C31H35FN4O3. The lowest BCUT2D eigenvalue weighted by molar-refractivity contribution is -0.140. The van der Waals surface area contributed by atoms with Gasteiger partial charge in [0.2, 0.25) is 0 Å². The van der Waals surface area contributed by atoms with E-state index in [0.29, 0.717) is 24.2 Å². The van der Waals surface area contributed by atoms with Gasteiger partial charge in [0.1, 0.15) is 17.4 Å². The highest BCUT2D eigenvalue weighted by Crippen LogP contribution is 2.35. The van der Waals surface area contributed by atoms with Crippen LogP contribution in [-0.2, 0) is 29.2 Å². The Kier molecular flexibility index (Phi) is 7.93. The molecular weight excluding hydrogens is 495 g/mol. The molecule has 0 amide bonds. The van der Waals surface area contributed by atoms with Gasteiger partial charge in [0.15, 0.2) is 5.82 Å². The molecule has 0 N–H and O–H groups in total. The van der Waals surface area contributed by atoms with E-state index in [1.54, 1.807) is 10.7 Å². The molecule has 1 aliphatic heterocycles. The number of methoxy groups -OCH3 is 1. The first kappa shape index (κ1) is 26.8. The largest absolute Gasteiger partial charge is 0.489 e. The standard InChI is InChI=1S/C31H35FN4O3/c1-5-24-19-35(17-22-9-7-8-10-28(22)39-24)18-23-15-21(12-11-20(23)3)26(16-29(37)38-4)25-13-14-27-31(30(25)32)33-34-36(27)6-2/h7-15,24,26H,5-6,16-19H2,1-4H3/t24-,26-/m1/s1. The van der Waals surface area contributed by atoms with E-state index in [9.17, 15) is 4.79 Å². The maximum Gasteiger partial charge on any atom is 0.306 e. The molecule has 1 aromatic heterocycles. The Bertz CT molecular complexity index is 1480. The minimum atomic E-state index is -0.524. The first-order valence-electron chi connectivity index (χ1n) is 13.6. The second kappa shape index (κ2) is 11.5. The number of hydrogen-bond acceptors (Lipinski definition) is 6. The highest BCUT2D eigenvalue weighted by molar-refractivity contribution is 5.77. The van der Waals surface area contributed by atoms with Crippen LogP contribution in [0.3, 0.4) is 0 Å². The zero-order chi connectivity index (χ0) is 27.5. The summed E-state index contributed by atoms with van der Waals surface area (Å²) in [5.74, 6) is -0.424. The third-order valence-electron chi connectivity index (χ3n) is 7.68. The Labute approximate surface area is 228 Å². The molecule has 204 valence electrons. The van der Waals surface area contributed by atoms with Crippen LogP contribution in [0.1, 0.15) is 60.4 Å². The van der Waals surface area contributed by atoms with Crippen molar-refractivity contribution < 1.29 is 18.7 Å². The van der Waals surface area contributed by atoms with Crippen LogP contribution >= 0.6 is 0 Å². The summed E-state index contributed by atoms with van der Waals surface area (Å²) in [6, 6.07) is 17.9. The van der Waals surface area contributed by atoms with Gasteiger partial charge in [-0.15, -0.1) is 5.10 Å². The molecule has 8 heteroatoms. The van der Waals surface area contributed by atoms with Gasteiger partial charge in [0.25, 0.3) is 0 Å². The second-order valence-electron chi connectivity index (χ2n) is 10.2. The summed E-state index contributed by atoms with van der Waals surface area (Å²) in [6.07, 6.45) is 1.03.